The van der Waals surface area contributed by atoms with Crippen LogP contribution in [-0.2, 0) is 11.2 Å². The van der Waals surface area contributed by atoms with Gasteiger partial charge in [0.25, 0.3) is 5.91 Å². The zero-order valence-electron chi connectivity index (χ0n) is 12.0. The van der Waals surface area contributed by atoms with Crippen LogP contribution >= 0.6 is 0 Å². The van der Waals surface area contributed by atoms with E-state index in [0.717, 1.165) is 5.69 Å². The molecule has 0 saturated carbocycles. The first-order chi connectivity index (χ1) is 10.5. The molecule has 116 valence electrons. The van der Waals surface area contributed by atoms with Crippen LogP contribution in [0.2, 0.25) is 0 Å². The maximum absolute atomic E-state index is 13.0. The molecule has 0 spiro atoms. The molecule has 6 nitrogen and oxygen atoms in total. The van der Waals surface area contributed by atoms with Gasteiger partial charge in [0.1, 0.15) is 11.5 Å². The number of carboxylic acid groups (broad SMARTS) is 1. The highest BCUT2D eigenvalue weighted by Crippen LogP contribution is 2.18. The van der Waals surface area contributed by atoms with Crippen molar-refractivity contribution in [3.8, 4) is 0 Å². The van der Waals surface area contributed by atoms with Crippen LogP contribution < -0.4 is 5.32 Å². The van der Waals surface area contributed by atoms with Crippen molar-refractivity contribution >= 4 is 11.9 Å². The second-order valence-electron chi connectivity index (χ2n) is 4.81. The maximum atomic E-state index is 13.0. The first-order valence-corrected chi connectivity index (χ1v) is 6.82. The summed E-state index contributed by atoms with van der Waals surface area (Å²) in [6.07, 6.45) is 0.402. The number of carboxylic acids is 1. The van der Waals surface area contributed by atoms with E-state index in [4.69, 9.17) is 5.11 Å². The number of benzene rings is 1. The summed E-state index contributed by atoms with van der Waals surface area (Å²) in [7, 11) is 0. The van der Waals surface area contributed by atoms with E-state index >= 15 is 0 Å². The van der Waals surface area contributed by atoms with E-state index in [2.05, 4.69) is 15.5 Å². The number of hydrogen-bond acceptors (Lipinski definition) is 3. The molecule has 1 unspecified atom stereocenters. The Hall–Kier alpha value is -2.70. The van der Waals surface area contributed by atoms with Crippen molar-refractivity contribution in [2.45, 2.75) is 25.8 Å². The Labute approximate surface area is 126 Å². The summed E-state index contributed by atoms with van der Waals surface area (Å²) < 4.78 is 13.0. The Morgan fingerprint density at radius 2 is 2.05 bits per heavy atom. The van der Waals surface area contributed by atoms with Crippen molar-refractivity contribution in [2.24, 2.45) is 0 Å². The van der Waals surface area contributed by atoms with Gasteiger partial charge in [0.05, 0.1) is 12.5 Å². The minimum atomic E-state index is -1.06. The summed E-state index contributed by atoms with van der Waals surface area (Å²) >= 11 is 0. The number of rotatable bonds is 6. The van der Waals surface area contributed by atoms with Gasteiger partial charge in [-0.3, -0.25) is 14.7 Å². The monoisotopic (exact) mass is 305 g/mol. The zero-order valence-corrected chi connectivity index (χ0v) is 12.0. The number of nitrogens with one attached hydrogen (secondary N) is 2. The van der Waals surface area contributed by atoms with E-state index in [0.29, 0.717) is 12.0 Å². The molecule has 0 aliphatic heterocycles. The molecule has 1 aromatic heterocycles. The molecule has 0 saturated heterocycles. The van der Waals surface area contributed by atoms with E-state index in [1.165, 1.54) is 24.3 Å². The first-order valence-electron chi connectivity index (χ1n) is 6.82. The minimum Gasteiger partial charge on any atom is -0.481 e. The van der Waals surface area contributed by atoms with E-state index in [-0.39, 0.29) is 12.1 Å². The molecule has 2 aromatic rings. The fourth-order valence-electron chi connectivity index (χ4n) is 2.01. The predicted octanol–water partition coefficient (Wildman–Crippen LogP) is 2.06. The largest absolute Gasteiger partial charge is 0.481 e. The number of H-pyrrole nitrogens is 1. The van der Waals surface area contributed by atoms with Gasteiger partial charge in [-0.15, -0.1) is 0 Å². The molecule has 1 atom stereocenters. The fraction of sp³-hybridized carbons (Fsp3) is 0.267. The molecular weight excluding hydrogens is 289 g/mol. The predicted molar refractivity (Wildman–Crippen MR) is 76.8 cm³/mol. The second kappa shape index (κ2) is 6.84. The van der Waals surface area contributed by atoms with Gasteiger partial charge in [0.15, 0.2) is 0 Å². The highest BCUT2D eigenvalue weighted by Gasteiger charge is 2.20. The highest BCUT2D eigenvalue weighted by atomic mass is 19.1. The summed E-state index contributed by atoms with van der Waals surface area (Å²) in [4.78, 5) is 23.1. The van der Waals surface area contributed by atoms with Crippen molar-refractivity contribution in [2.75, 3.05) is 0 Å². The molecule has 2 rings (SSSR count). The molecule has 1 heterocycles. The van der Waals surface area contributed by atoms with Crippen molar-refractivity contribution in [1.82, 2.24) is 15.5 Å². The number of aliphatic carboxylic acids is 1. The molecule has 7 heteroatoms. The first kappa shape index (κ1) is 15.7. The molecular formula is C15H16FN3O3. The number of aromatic nitrogens is 2. The Bertz CT molecular complexity index is 667. The highest BCUT2D eigenvalue weighted by molar-refractivity contribution is 5.92. The normalized spacial score (nSPS) is 11.9. The molecule has 22 heavy (non-hydrogen) atoms. The minimum absolute atomic E-state index is 0.189. The Balaban J connectivity index is 2.17. The number of nitrogens with zero attached hydrogens (tertiary/aromatic N) is 1. The molecule has 0 radical (unpaired) electrons. The molecule has 1 aromatic carbocycles. The number of amides is 1. The molecule has 0 aliphatic rings. The summed E-state index contributed by atoms with van der Waals surface area (Å²) in [6, 6.07) is 6.20. The number of carbonyl (C=O) groups excluding carboxylic acids is 1. The van der Waals surface area contributed by atoms with Crippen molar-refractivity contribution in [3.05, 3.63) is 53.1 Å². The standard InChI is InChI=1S/C15H16FN3O3/c1-2-11-7-13(19-18-11)15(22)17-12(8-14(20)21)9-3-5-10(16)6-4-9/h3-7,12H,2,8H2,1H3,(H,17,22)(H,18,19)(H,20,21). The van der Waals surface area contributed by atoms with Crippen LogP contribution in [0.1, 0.15) is 41.1 Å². The number of aromatic amines is 1. The van der Waals surface area contributed by atoms with E-state index in [1.54, 1.807) is 6.07 Å². The summed E-state index contributed by atoms with van der Waals surface area (Å²) in [5, 5.41) is 18.2. The van der Waals surface area contributed by atoms with E-state index in [1.807, 2.05) is 6.92 Å². The maximum Gasteiger partial charge on any atom is 0.305 e. The van der Waals surface area contributed by atoms with E-state index < -0.39 is 23.7 Å². The molecule has 0 aliphatic carbocycles. The van der Waals surface area contributed by atoms with Crippen LogP contribution in [0.15, 0.2) is 30.3 Å². The summed E-state index contributed by atoms with van der Waals surface area (Å²) in [5.74, 6) is -1.97. The van der Waals surface area contributed by atoms with Crippen LogP contribution in [0.5, 0.6) is 0 Å². The number of hydrogen-bond donors (Lipinski definition) is 3. The quantitative estimate of drug-likeness (QED) is 0.761. The van der Waals surface area contributed by atoms with Crippen LogP contribution in [0.25, 0.3) is 0 Å². The third-order valence-electron chi connectivity index (χ3n) is 3.20. The summed E-state index contributed by atoms with van der Waals surface area (Å²) in [6.45, 7) is 1.92. The van der Waals surface area contributed by atoms with Gasteiger partial charge in [-0.25, -0.2) is 4.39 Å². The lowest BCUT2D eigenvalue weighted by atomic mass is 10.0. The Morgan fingerprint density at radius 3 is 2.59 bits per heavy atom. The number of carbonyl (C=O) groups is 2. The lowest BCUT2D eigenvalue weighted by Gasteiger charge is -2.16. The van der Waals surface area contributed by atoms with Gasteiger partial charge >= 0.3 is 5.97 Å². The zero-order chi connectivity index (χ0) is 16.1. The molecule has 0 fully saturated rings. The third kappa shape index (κ3) is 3.91. The van der Waals surface area contributed by atoms with E-state index in [9.17, 15) is 14.0 Å². The van der Waals surface area contributed by atoms with Crippen LogP contribution in [-0.4, -0.2) is 27.2 Å². The molecule has 1 amide bonds. The van der Waals surface area contributed by atoms with Crippen molar-refractivity contribution in [3.63, 3.8) is 0 Å². The van der Waals surface area contributed by atoms with Crippen LogP contribution in [0, 0.1) is 5.82 Å². The van der Waals surface area contributed by atoms with Crippen LogP contribution in [0.4, 0.5) is 4.39 Å². The van der Waals surface area contributed by atoms with Gasteiger partial charge in [-0.2, -0.15) is 5.10 Å². The van der Waals surface area contributed by atoms with Gasteiger partial charge in [-0.05, 0) is 30.2 Å². The van der Waals surface area contributed by atoms with Gasteiger partial charge in [0.2, 0.25) is 0 Å². The van der Waals surface area contributed by atoms with Crippen molar-refractivity contribution in [1.29, 1.82) is 0 Å². The Morgan fingerprint density at radius 1 is 1.36 bits per heavy atom. The lowest BCUT2D eigenvalue weighted by molar-refractivity contribution is -0.137. The van der Waals surface area contributed by atoms with Gasteiger partial charge in [-0.1, -0.05) is 19.1 Å². The number of halogens is 1. The van der Waals surface area contributed by atoms with Crippen LogP contribution in [0.3, 0.4) is 0 Å². The smallest absolute Gasteiger partial charge is 0.305 e. The third-order valence-corrected chi connectivity index (χ3v) is 3.20. The topological polar surface area (TPSA) is 95.1 Å². The average molecular weight is 305 g/mol. The SMILES string of the molecule is CCc1cc(C(=O)NC(CC(=O)O)c2ccc(F)cc2)n[nH]1. The fourth-order valence-corrected chi connectivity index (χ4v) is 2.01. The Kier molecular flexibility index (Phi) is 4.88. The lowest BCUT2D eigenvalue weighted by Crippen LogP contribution is -2.30. The van der Waals surface area contributed by atoms with Gasteiger partial charge in [0, 0.05) is 5.69 Å². The average Bonchev–Trinajstić information content (AvgIpc) is 2.96. The summed E-state index contributed by atoms with van der Waals surface area (Å²) in [5.41, 5.74) is 1.51. The molecule has 0 bridgehead atoms. The number of aryl methyl sites for hydroxylation is 1. The van der Waals surface area contributed by atoms with Crippen molar-refractivity contribution < 1.29 is 19.1 Å². The van der Waals surface area contributed by atoms with Gasteiger partial charge < -0.3 is 10.4 Å². The second-order valence-corrected chi connectivity index (χ2v) is 4.81. The molecule has 3 N–H and O–H groups in total.